The van der Waals surface area contributed by atoms with Crippen LogP contribution in [0.25, 0.3) is 0 Å². The Labute approximate surface area is 113 Å². The van der Waals surface area contributed by atoms with Gasteiger partial charge in [-0.15, -0.1) is 0 Å². The van der Waals surface area contributed by atoms with Crippen molar-refractivity contribution in [3.8, 4) is 5.75 Å². The van der Waals surface area contributed by atoms with Gasteiger partial charge in [-0.3, -0.25) is 10.1 Å². The van der Waals surface area contributed by atoms with E-state index < -0.39 is 17.0 Å². The number of rotatable bonds is 7. The minimum absolute atomic E-state index is 0.0552. The molecule has 0 amide bonds. The second-order valence-electron chi connectivity index (χ2n) is 3.46. The smallest absolute Gasteiger partial charge is 0.336 e. The highest BCUT2D eigenvalue weighted by Gasteiger charge is 2.21. The molecular weight excluding hydrogens is 278 g/mol. The van der Waals surface area contributed by atoms with Crippen molar-refractivity contribution in [3.05, 3.63) is 33.3 Å². The standard InChI is InChI=1S/C11H12ClNO6/c1-2-18-10(11(14)15)6-19-9-4-3-7(12)5-8(9)13(16)17/h3-5,10H,2,6H2,1H3,(H,14,15). The van der Waals surface area contributed by atoms with Crippen LogP contribution in [0.3, 0.4) is 0 Å². The number of carboxylic acid groups (broad SMARTS) is 1. The Morgan fingerprint density at radius 2 is 2.26 bits per heavy atom. The van der Waals surface area contributed by atoms with Crippen LogP contribution in [0.1, 0.15) is 6.92 Å². The largest absolute Gasteiger partial charge is 0.483 e. The van der Waals surface area contributed by atoms with Gasteiger partial charge in [-0.05, 0) is 19.1 Å². The first-order chi connectivity index (χ1) is 8.95. The molecule has 0 saturated carbocycles. The molecule has 1 N–H and O–H groups in total. The number of ether oxygens (including phenoxy) is 2. The fourth-order valence-electron chi connectivity index (χ4n) is 1.31. The molecule has 1 aromatic carbocycles. The summed E-state index contributed by atoms with van der Waals surface area (Å²) in [5.41, 5.74) is -0.326. The van der Waals surface area contributed by atoms with E-state index in [1.165, 1.54) is 12.1 Å². The van der Waals surface area contributed by atoms with E-state index in [0.29, 0.717) is 0 Å². The molecule has 8 heteroatoms. The molecule has 7 nitrogen and oxygen atoms in total. The third kappa shape index (κ3) is 4.38. The number of aliphatic carboxylic acids is 1. The third-order valence-electron chi connectivity index (χ3n) is 2.15. The zero-order chi connectivity index (χ0) is 14.4. The van der Waals surface area contributed by atoms with E-state index in [1.54, 1.807) is 6.92 Å². The molecule has 0 aliphatic rings. The molecular formula is C11H12ClNO6. The number of benzene rings is 1. The van der Waals surface area contributed by atoms with E-state index in [0.717, 1.165) is 6.07 Å². The Hall–Kier alpha value is -1.86. The molecule has 19 heavy (non-hydrogen) atoms. The maximum absolute atomic E-state index is 10.8. The van der Waals surface area contributed by atoms with Crippen LogP contribution in [-0.4, -0.2) is 35.3 Å². The van der Waals surface area contributed by atoms with Gasteiger partial charge in [0.05, 0.1) is 4.92 Å². The number of carboxylic acids is 1. The van der Waals surface area contributed by atoms with Gasteiger partial charge in [-0.2, -0.15) is 0 Å². The van der Waals surface area contributed by atoms with Crippen molar-refractivity contribution in [2.24, 2.45) is 0 Å². The summed E-state index contributed by atoms with van der Waals surface area (Å²) >= 11 is 5.64. The summed E-state index contributed by atoms with van der Waals surface area (Å²) in [5.74, 6) is -1.25. The van der Waals surface area contributed by atoms with Crippen molar-refractivity contribution >= 4 is 23.3 Å². The van der Waals surface area contributed by atoms with Crippen LogP contribution in [-0.2, 0) is 9.53 Å². The van der Waals surface area contributed by atoms with Crippen LogP contribution < -0.4 is 4.74 Å². The summed E-state index contributed by atoms with van der Waals surface area (Å²) in [7, 11) is 0. The molecule has 0 aromatic heterocycles. The fourth-order valence-corrected chi connectivity index (χ4v) is 1.48. The van der Waals surface area contributed by atoms with Crippen LogP contribution in [0.5, 0.6) is 5.75 Å². The normalized spacial score (nSPS) is 11.9. The van der Waals surface area contributed by atoms with Gasteiger partial charge < -0.3 is 14.6 Å². The topological polar surface area (TPSA) is 98.9 Å². The molecule has 0 heterocycles. The first-order valence-electron chi connectivity index (χ1n) is 5.36. The number of nitro benzene ring substituents is 1. The van der Waals surface area contributed by atoms with Crippen LogP contribution in [0.2, 0.25) is 5.02 Å². The molecule has 1 unspecified atom stereocenters. The predicted octanol–water partition coefficient (Wildman–Crippen LogP) is 2.12. The van der Waals surface area contributed by atoms with E-state index in [2.05, 4.69) is 0 Å². The van der Waals surface area contributed by atoms with Gasteiger partial charge in [-0.25, -0.2) is 4.79 Å². The zero-order valence-electron chi connectivity index (χ0n) is 10.0. The average Bonchev–Trinajstić information content (AvgIpc) is 2.35. The highest BCUT2D eigenvalue weighted by atomic mass is 35.5. The van der Waals surface area contributed by atoms with E-state index in [-0.39, 0.29) is 29.7 Å². The number of halogens is 1. The lowest BCUT2D eigenvalue weighted by molar-refractivity contribution is -0.385. The van der Waals surface area contributed by atoms with Gasteiger partial charge in [0.15, 0.2) is 11.9 Å². The van der Waals surface area contributed by atoms with E-state index in [1.807, 2.05) is 0 Å². The highest BCUT2D eigenvalue weighted by molar-refractivity contribution is 6.30. The zero-order valence-corrected chi connectivity index (χ0v) is 10.8. The summed E-state index contributed by atoms with van der Waals surface area (Å²) < 4.78 is 10.1. The number of carbonyl (C=O) groups is 1. The molecule has 104 valence electrons. The van der Waals surface area contributed by atoms with Crippen LogP contribution in [0, 0.1) is 10.1 Å². The van der Waals surface area contributed by atoms with E-state index in [4.69, 9.17) is 26.2 Å². The van der Waals surface area contributed by atoms with Crippen LogP contribution in [0.4, 0.5) is 5.69 Å². The molecule has 1 atom stereocenters. The third-order valence-corrected chi connectivity index (χ3v) is 2.39. The van der Waals surface area contributed by atoms with Gasteiger partial charge in [0.2, 0.25) is 0 Å². The quantitative estimate of drug-likeness (QED) is 0.609. The maximum Gasteiger partial charge on any atom is 0.336 e. The second kappa shape index (κ2) is 6.91. The molecule has 0 saturated heterocycles. The molecule has 0 fully saturated rings. The molecule has 1 rings (SSSR count). The fraction of sp³-hybridized carbons (Fsp3) is 0.364. The molecule has 0 aliphatic carbocycles. The van der Waals surface area contributed by atoms with Gasteiger partial charge in [0.1, 0.15) is 6.61 Å². The lowest BCUT2D eigenvalue weighted by Crippen LogP contribution is -2.30. The van der Waals surface area contributed by atoms with Crippen molar-refractivity contribution in [2.75, 3.05) is 13.2 Å². The van der Waals surface area contributed by atoms with Crippen molar-refractivity contribution in [1.29, 1.82) is 0 Å². The van der Waals surface area contributed by atoms with Crippen molar-refractivity contribution in [3.63, 3.8) is 0 Å². The van der Waals surface area contributed by atoms with E-state index in [9.17, 15) is 14.9 Å². The molecule has 0 bridgehead atoms. The van der Waals surface area contributed by atoms with Gasteiger partial charge in [-0.1, -0.05) is 11.6 Å². The number of hydrogen-bond acceptors (Lipinski definition) is 5. The summed E-state index contributed by atoms with van der Waals surface area (Å²) in [5, 5.41) is 19.8. The van der Waals surface area contributed by atoms with E-state index >= 15 is 0 Å². The number of hydrogen-bond donors (Lipinski definition) is 1. The first kappa shape index (κ1) is 15.2. The Balaban J connectivity index is 2.82. The van der Waals surface area contributed by atoms with Gasteiger partial charge in [0.25, 0.3) is 0 Å². The lowest BCUT2D eigenvalue weighted by atomic mass is 10.3. The monoisotopic (exact) mass is 289 g/mol. The number of nitro groups is 1. The first-order valence-corrected chi connectivity index (χ1v) is 5.74. The van der Waals surface area contributed by atoms with Crippen molar-refractivity contribution < 1.29 is 24.3 Å². The summed E-state index contributed by atoms with van der Waals surface area (Å²) in [6.45, 7) is 1.51. The van der Waals surface area contributed by atoms with Crippen molar-refractivity contribution in [2.45, 2.75) is 13.0 Å². The van der Waals surface area contributed by atoms with Crippen molar-refractivity contribution in [1.82, 2.24) is 0 Å². The predicted molar refractivity (Wildman–Crippen MR) is 66.7 cm³/mol. The van der Waals surface area contributed by atoms with Crippen LogP contribution >= 0.6 is 11.6 Å². The summed E-state index contributed by atoms with van der Waals surface area (Å²) in [6.07, 6.45) is -1.18. The van der Waals surface area contributed by atoms with Crippen LogP contribution in [0.15, 0.2) is 18.2 Å². The average molecular weight is 290 g/mol. The van der Waals surface area contributed by atoms with Gasteiger partial charge in [0, 0.05) is 17.7 Å². The Bertz CT molecular complexity index is 478. The highest BCUT2D eigenvalue weighted by Crippen LogP contribution is 2.29. The summed E-state index contributed by atoms with van der Waals surface area (Å²) in [4.78, 5) is 21.0. The van der Waals surface area contributed by atoms with Gasteiger partial charge >= 0.3 is 11.7 Å². The minimum Gasteiger partial charge on any atom is -0.483 e. The summed E-state index contributed by atoms with van der Waals surface area (Å²) in [6, 6.07) is 3.86. The molecule has 1 aromatic rings. The lowest BCUT2D eigenvalue weighted by Gasteiger charge is -2.13. The SMILES string of the molecule is CCOC(COc1ccc(Cl)cc1[N+](=O)[O-])C(=O)O. The molecule has 0 spiro atoms. The maximum atomic E-state index is 10.8. The minimum atomic E-state index is -1.20. The Kier molecular flexibility index (Phi) is 5.53. The number of nitrogens with zero attached hydrogens (tertiary/aromatic N) is 1. The Morgan fingerprint density at radius 1 is 1.58 bits per heavy atom. The molecule has 0 radical (unpaired) electrons. The Morgan fingerprint density at radius 3 is 2.79 bits per heavy atom. The second-order valence-corrected chi connectivity index (χ2v) is 3.90. The molecule has 0 aliphatic heterocycles.